The fraction of sp³-hybridized carbons (Fsp3) is 0.545. The van der Waals surface area contributed by atoms with Gasteiger partial charge in [0.1, 0.15) is 0 Å². The minimum atomic E-state index is 0. The van der Waals surface area contributed by atoms with Crippen LogP contribution in [0.3, 0.4) is 0 Å². The molecule has 1 aliphatic rings. The Hall–Kier alpha value is -1.57. The van der Waals surface area contributed by atoms with Crippen LogP contribution >= 0.6 is 24.0 Å². The minimum Gasteiger partial charge on any atom is -0.352 e. The van der Waals surface area contributed by atoms with E-state index in [1.54, 1.807) is 0 Å². The predicted molar refractivity (Wildman–Crippen MR) is 128 cm³/mol. The van der Waals surface area contributed by atoms with Crippen LogP contribution in [0, 0.1) is 0 Å². The summed E-state index contributed by atoms with van der Waals surface area (Å²) >= 11 is 0. The number of hydrogen-bond acceptors (Lipinski definition) is 2. The summed E-state index contributed by atoms with van der Waals surface area (Å²) in [5.74, 6) is 1.20. The highest BCUT2D eigenvalue weighted by molar-refractivity contribution is 14.0. The molecule has 1 aliphatic heterocycles. The Morgan fingerprint density at radius 2 is 1.96 bits per heavy atom. The zero-order valence-electron chi connectivity index (χ0n) is 17.3. The van der Waals surface area contributed by atoms with Crippen molar-refractivity contribution < 1.29 is 4.79 Å². The van der Waals surface area contributed by atoms with Crippen LogP contribution in [0.15, 0.2) is 41.9 Å². The molecule has 1 aromatic carbocycles. The maximum atomic E-state index is 11.7. The number of likely N-dealkylation sites (tertiary alicyclic amines) is 1. The number of guanidine groups is 1. The van der Waals surface area contributed by atoms with Gasteiger partial charge in [0.15, 0.2) is 5.96 Å². The van der Waals surface area contributed by atoms with E-state index >= 15 is 0 Å². The lowest BCUT2D eigenvalue weighted by molar-refractivity contribution is -0.128. The molecule has 6 heteroatoms. The first-order valence-corrected chi connectivity index (χ1v) is 10.0. The van der Waals surface area contributed by atoms with Gasteiger partial charge < -0.3 is 15.1 Å². The Kier molecular flexibility index (Phi) is 11.9. The number of unbranched alkanes of at least 4 members (excludes halogenated alkanes) is 3. The lowest BCUT2D eigenvalue weighted by Gasteiger charge is -2.22. The van der Waals surface area contributed by atoms with Gasteiger partial charge in [0.25, 0.3) is 0 Å². The molecule has 0 aliphatic carbocycles. The molecule has 2 rings (SSSR count). The molecule has 1 N–H and O–H groups in total. The molecule has 0 unspecified atom stereocenters. The third-order valence-electron chi connectivity index (χ3n) is 4.99. The van der Waals surface area contributed by atoms with E-state index in [4.69, 9.17) is 0 Å². The Labute approximate surface area is 187 Å². The van der Waals surface area contributed by atoms with Gasteiger partial charge in [0.2, 0.25) is 5.91 Å². The second-order valence-electron chi connectivity index (χ2n) is 7.20. The molecule has 1 saturated heterocycles. The van der Waals surface area contributed by atoms with E-state index in [9.17, 15) is 4.79 Å². The molecule has 1 fully saturated rings. The van der Waals surface area contributed by atoms with Crippen LogP contribution in [0.1, 0.15) is 49.7 Å². The fourth-order valence-electron chi connectivity index (χ4n) is 3.34. The smallest absolute Gasteiger partial charge is 0.222 e. The second-order valence-corrected chi connectivity index (χ2v) is 7.20. The van der Waals surface area contributed by atoms with Crippen molar-refractivity contribution in [3.63, 3.8) is 0 Å². The largest absolute Gasteiger partial charge is 0.352 e. The topological polar surface area (TPSA) is 47.9 Å². The molecular weight excluding hydrogens is 463 g/mol. The number of halogens is 1. The first-order valence-electron chi connectivity index (χ1n) is 10.0. The van der Waals surface area contributed by atoms with E-state index in [0.717, 1.165) is 51.4 Å². The molecule has 1 heterocycles. The molecule has 0 aromatic heterocycles. The van der Waals surface area contributed by atoms with E-state index in [1.165, 1.54) is 24.0 Å². The number of amides is 1. The van der Waals surface area contributed by atoms with Crippen LogP contribution in [0.4, 0.5) is 0 Å². The quantitative estimate of drug-likeness (QED) is 0.173. The number of aliphatic imine (C=N–C) groups is 1. The Balaban J connectivity index is 0.00000392. The van der Waals surface area contributed by atoms with Crippen LogP contribution < -0.4 is 5.32 Å². The third kappa shape index (κ3) is 8.20. The molecule has 1 aromatic rings. The van der Waals surface area contributed by atoms with E-state index < -0.39 is 0 Å². The zero-order valence-corrected chi connectivity index (χ0v) is 19.7. The summed E-state index contributed by atoms with van der Waals surface area (Å²) in [6.45, 7) is 7.12. The van der Waals surface area contributed by atoms with Gasteiger partial charge in [0, 0.05) is 46.7 Å². The van der Waals surface area contributed by atoms with Gasteiger partial charge in [-0.05, 0) is 36.8 Å². The summed E-state index contributed by atoms with van der Waals surface area (Å²) in [6.07, 6.45) is 8.35. The average Bonchev–Trinajstić information content (AvgIpc) is 3.08. The van der Waals surface area contributed by atoms with Gasteiger partial charge in [-0.2, -0.15) is 0 Å². The van der Waals surface area contributed by atoms with Crippen molar-refractivity contribution in [3.8, 4) is 0 Å². The van der Waals surface area contributed by atoms with Gasteiger partial charge >= 0.3 is 0 Å². The highest BCUT2D eigenvalue weighted by Gasteiger charge is 2.19. The number of hydrogen-bond donors (Lipinski definition) is 1. The maximum absolute atomic E-state index is 11.7. The van der Waals surface area contributed by atoms with Crippen molar-refractivity contribution in [1.82, 2.24) is 15.1 Å². The van der Waals surface area contributed by atoms with Crippen LogP contribution in [0.5, 0.6) is 0 Å². The van der Waals surface area contributed by atoms with Gasteiger partial charge in [-0.15, -0.1) is 30.6 Å². The normalized spacial score (nSPS) is 14.0. The highest BCUT2D eigenvalue weighted by Crippen LogP contribution is 2.14. The summed E-state index contributed by atoms with van der Waals surface area (Å²) in [6, 6.07) is 8.50. The lowest BCUT2D eigenvalue weighted by atomic mass is 10.1. The number of nitrogens with one attached hydrogen (secondary N) is 1. The molecule has 28 heavy (non-hydrogen) atoms. The molecule has 156 valence electrons. The van der Waals surface area contributed by atoms with Crippen LogP contribution in [0.25, 0.3) is 0 Å². The lowest BCUT2D eigenvalue weighted by Crippen LogP contribution is -2.39. The number of carbonyl (C=O) groups excluding carboxylic acids is 1. The van der Waals surface area contributed by atoms with Gasteiger partial charge in [-0.25, -0.2) is 0 Å². The number of carbonyl (C=O) groups is 1. The molecule has 1 amide bonds. The van der Waals surface area contributed by atoms with Crippen molar-refractivity contribution in [1.29, 1.82) is 0 Å². The Morgan fingerprint density at radius 1 is 1.25 bits per heavy atom. The van der Waals surface area contributed by atoms with E-state index in [-0.39, 0.29) is 29.9 Å². The number of rotatable bonds is 10. The standard InChI is InChI=1S/C22H34N4O.HI/c1-4-5-6-7-8-15-25(3)22(23-2)24-17-19-11-13-20(14-12-19)18-26-16-9-10-21(26)27;/h4,11-14H,1,5-10,15-18H2,2-3H3,(H,23,24);1H. The highest BCUT2D eigenvalue weighted by atomic mass is 127. The predicted octanol–water partition coefficient (Wildman–Crippen LogP) is 4.18. The first-order chi connectivity index (χ1) is 13.1. The van der Waals surface area contributed by atoms with Gasteiger partial charge in [-0.1, -0.05) is 36.8 Å². The first kappa shape index (κ1) is 24.5. The van der Waals surface area contributed by atoms with Gasteiger partial charge in [0.05, 0.1) is 0 Å². The summed E-state index contributed by atoms with van der Waals surface area (Å²) < 4.78 is 0. The monoisotopic (exact) mass is 498 g/mol. The summed E-state index contributed by atoms with van der Waals surface area (Å²) in [5, 5.41) is 3.43. The summed E-state index contributed by atoms with van der Waals surface area (Å²) in [4.78, 5) is 20.2. The van der Waals surface area contributed by atoms with E-state index in [1.807, 2.05) is 18.0 Å². The van der Waals surface area contributed by atoms with Crippen LogP contribution in [-0.4, -0.2) is 48.9 Å². The van der Waals surface area contributed by atoms with Crippen molar-refractivity contribution in [3.05, 3.63) is 48.0 Å². The molecule has 5 nitrogen and oxygen atoms in total. The number of nitrogens with zero attached hydrogens (tertiary/aromatic N) is 3. The Morgan fingerprint density at radius 3 is 2.57 bits per heavy atom. The van der Waals surface area contributed by atoms with Gasteiger partial charge in [-0.3, -0.25) is 9.79 Å². The average molecular weight is 498 g/mol. The fourth-order valence-corrected chi connectivity index (χ4v) is 3.34. The zero-order chi connectivity index (χ0) is 19.5. The van der Waals surface area contributed by atoms with Crippen molar-refractivity contribution in [2.24, 2.45) is 4.99 Å². The van der Waals surface area contributed by atoms with Crippen molar-refractivity contribution >= 4 is 35.8 Å². The van der Waals surface area contributed by atoms with Crippen molar-refractivity contribution in [2.75, 3.05) is 27.2 Å². The molecule has 0 spiro atoms. The number of benzene rings is 1. The molecule has 0 bridgehead atoms. The summed E-state index contributed by atoms with van der Waals surface area (Å²) in [5.41, 5.74) is 2.40. The SMILES string of the molecule is C=CCCCCCN(C)C(=NC)NCc1ccc(CN2CCCC2=O)cc1.I. The molecule has 0 saturated carbocycles. The van der Waals surface area contributed by atoms with Crippen molar-refractivity contribution in [2.45, 2.75) is 51.6 Å². The van der Waals surface area contributed by atoms with E-state index in [2.05, 4.69) is 53.1 Å². The van der Waals surface area contributed by atoms with Crippen LogP contribution in [-0.2, 0) is 17.9 Å². The summed E-state index contributed by atoms with van der Waals surface area (Å²) in [7, 11) is 3.91. The van der Waals surface area contributed by atoms with E-state index in [0.29, 0.717) is 6.42 Å². The second kappa shape index (κ2) is 13.6. The van der Waals surface area contributed by atoms with Crippen LogP contribution in [0.2, 0.25) is 0 Å². The Bertz CT molecular complexity index is 630. The minimum absolute atomic E-state index is 0. The number of allylic oxidation sites excluding steroid dienone is 1. The molecular formula is C22H35IN4O. The molecule has 0 atom stereocenters. The maximum Gasteiger partial charge on any atom is 0.222 e. The third-order valence-corrected chi connectivity index (χ3v) is 4.99. The molecule has 0 radical (unpaired) electrons.